The summed E-state index contributed by atoms with van der Waals surface area (Å²) < 4.78 is 5.28. The monoisotopic (exact) mass is 264 g/mol. The Morgan fingerprint density at radius 1 is 1.37 bits per heavy atom. The molecule has 1 unspecified atom stereocenters. The van der Waals surface area contributed by atoms with Gasteiger partial charge >= 0.3 is 0 Å². The van der Waals surface area contributed by atoms with E-state index in [0.29, 0.717) is 19.5 Å². The van der Waals surface area contributed by atoms with Crippen molar-refractivity contribution in [3.05, 3.63) is 28.8 Å². The molecule has 106 valence electrons. The number of aryl methyl sites for hydroxylation is 2. The van der Waals surface area contributed by atoms with Crippen LogP contribution in [0.5, 0.6) is 5.75 Å². The topological polar surface area (TPSA) is 64.3 Å². The zero-order valence-corrected chi connectivity index (χ0v) is 12.2. The van der Waals surface area contributed by atoms with E-state index < -0.39 is 0 Å². The molecule has 0 heterocycles. The Morgan fingerprint density at radius 3 is 2.63 bits per heavy atom. The van der Waals surface area contributed by atoms with Crippen molar-refractivity contribution in [1.82, 2.24) is 5.32 Å². The molecule has 0 aliphatic rings. The average molecular weight is 264 g/mol. The Bertz CT molecular complexity index is 444. The fourth-order valence-electron chi connectivity index (χ4n) is 2.00. The van der Waals surface area contributed by atoms with Gasteiger partial charge in [-0.25, -0.2) is 0 Å². The van der Waals surface area contributed by atoms with E-state index in [-0.39, 0.29) is 11.8 Å². The maximum Gasteiger partial charge on any atom is 0.223 e. The van der Waals surface area contributed by atoms with Gasteiger partial charge in [0.25, 0.3) is 0 Å². The lowest BCUT2D eigenvalue weighted by Crippen LogP contribution is -2.30. The van der Waals surface area contributed by atoms with E-state index in [1.165, 1.54) is 0 Å². The van der Waals surface area contributed by atoms with Gasteiger partial charge in [-0.3, -0.25) is 4.79 Å². The van der Waals surface area contributed by atoms with Crippen molar-refractivity contribution in [2.24, 2.45) is 11.7 Å². The van der Waals surface area contributed by atoms with Gasteiger partial charge in [0.15, 0.2) is 0 Å². The molecule has 1 aromatic rings. The van der Waals surface area contributed by atoms with E-state index in [0.717, 1.165) is 22.4 Å². The molecule has 1 aromatic carbocycles. The zero-order valence-electron chi connectivity index (χ0n) is 12.2. The standard InChI is InChI=1S/C15H24N2O2/c1-10(5-6-16)15(18)17-9-13-7-12(3)14(19-4)8-11(13)2/h7-8,10H,5-6,9,16H2,1-4H3,(H,17,18). The van der Waals surface area contributed by atoms with Crippen LogP contribution in [0.3, 0.4) is 0 Å². The van der Waals surface area contributed by atoms with Crippen LogP contribution in [0.2, 0.25) is 0 Å². The first-order chi connectivity index (χ1) is 8.99. The van der Waals surface area contributed by atoms with Crippen LogP contribution in [0.15, 0.2) is 12.1 Å². The molecule has 3 N–H and O–H groups in total. The molecule has 1 rings (SSSR count). The molecule has 0 bridgehead atoms. The highest BCUT2D eigenvalue weighted by Crippen LogP contribution is 2.22. The summed E-state index contributed by atoms with van der Waals surface area (Å²) in [4.78, 5) is 11.8. The predicted octanol–water partition coefficient (Wildman–Crippen LogP) is 1.91. The largest absolute Gasteiger partial charge is 0.496 e. The van der Waals surface area contributed by atoms with Gasteiger partial charge in [0.2, 0.25) is 5.91 Å². The summed E-state index contributed by atoms with van der Waals surface area (Å²) in [6.45, 7) is 7.00. The molecule has 0 fully saturated rings. The maximum absolute atomic E-state index is 11.8. The average Bonchev–Trinajstić information content (AvgIpc) is 2.39. The predicted molar refractivity (Wildman–Crippen MR) is 77.2 cm³/mol. The van der Waals surface area contributed by atoms with Crippen LogP contribution in [-0.2, 0) is 11.3 Å². The van der Waals surface area contributed by atoms with Gasteiger partial charge in [-0.05, 0) is 49.6 Å². The highest BCUT2D eigenvalue weighted by molar-refractivity contribution is 5.78. The van der Waals surface area contributed by atoms with Crippen molar-refractivity contribution in [2.45, 2.75) is 33.7 Å². The van der Waals surface area contributed by atoms with Crippen molar-refractivity contribution in [2.75, 3.05) is 13.7 Å². The molecule has 0 aromatic heterocycles. The number of amides is 1. The van der Waals surface area contributed by atoms with Crippen molar-refractivity contribution in [3.8, 4) is 5.75 Å². The number of carbonyl (C=O) groups excluding carboxylic acids is 1. The molecule has 0 spiro atoms. The maximum atomic E-state index is 11.8. The molecule has 0 aliphatic heterocycles. The van der Waals surface area contributed by atoms with Gasteiger partial charge in [-0.2, -0.15) is 0 Å². The third kappa shape index (κ3) is 4.24. The molecular formula is C15H24N2O2. The van der Waals surface area contributed by atoms with Crippen LogP contribution in [0, 0.1) is 19.8 Å². The van der Waals surface area contributed by atoms with Crippen molar-refractivity contribution >= 4 is 5.91 Å². The second kappa shape index (κ2) is 7.14. The van der Waals surface area contributed by atoms with Gasteiger partial charge in [0, 0.05) is 12.5 Å². The van der Waals surface area contributed by atoms with E-state index in [2.05, 4.69) is 11.4 Å². The van der Waals surface area contributed by atoms with Gasteiger partial charge < -0.3 is 15.8 Å². The highest BCUT2D eigenvalue weighted by Gasteiger charge is 2.12. The van der Waals surface area contributed by atoms with Crippen LogP contribution in [0.4, 0.5) is 0 Å². The summed E-state index contributed by atoms with van der Waals surface area (Å²) >= 11 is 0. The van der Waals surface area contributed by atoms with E-state index in [1.807, 2.05) is 26.8 Å². The minimum Gasteiger partial charge on any atom is -0.496 e. The quantitative estimate of drug-likeness (QED) is 0.825. The summed E-state index contributed by atoms with van der Waals surface area (Å²) in [5.41, 5.74) is 8.77. The second-order valence-electron chi connectivity index (χ2n) is 4.94. The Morgan fingerprint density at radius 2 is 2.05 bits per heavy atom. The van der Waals surface area contributed by atoms with Crippen LogP contribution < -0.4 is 15.8 Å². The summed E-state index contributed by atoms with van der Waals surface area (Å²) in [6.07, 6.45) is 0.715. The fraction of sp³-hybridized carbons (Fsp3) is 0.533. The number of rotatable bonds is 6. The van der Waals surface area contributed by atoms with Gasteiger partial charge in [0.1, 0.15) is 5.75 Å². The van der Waals surface area contributed by atoms with Crippen molar-refractivity contribution < 1.29 is 9.53 Å². The smallest absolute Gasteiger partial charge is 0.223 e. The molecule has 4 heteroatoms. The molecule has 1 atom stereocenters. The summed E-state index contributed by atoms with van der Waals surface area (Å²) in [7, 11) is 1.66. The fourth-order valence-corrected chi connectivity index (χ4v) is 2.00. The number of benzene rings is 1. The number of hydrogen-bond donors (Lipinski definition) is 2. The van der Waals surface area contributed by atoms with E-state index in [4.69, 9.17) is 10.5 Å². The van der Waals surface area contributed by atoms with E-state index >= 15 is 0 Å². The Hall–Kier alpha value is -1.55. The molecule has 0 aliphatic carbocycles. The van der Waals surface area contributed by atoms with E-state index in [1.54, 1.807) is 7.11 Å². The first-order valence-corrected chi connectivity index (χ1v) is 6.61. The highest BCUT2D eigenvalue weighted by atomic mass is 16.5. The Balaban J connectivity index is 2.68. The Kier molecular flexibility index (Phi) is 5.83. The molecule has 4 nitrogen and oxygen atoms in total. The van der Waals surface area contributed by atoms with Crippen molar-refractivity contribution in [3.63, 3.8) is 0 Å². The van der Waals surface area contributed by atoms with Gasteiger partial charge in [-0.15, -0.1) is 0 Å². The third-order valence-electron chi connectivity index (χ3n) is 3.35. The summed E-state index contributed by atoms with van der Waals surface area (Å²) in [5, 5.41) is 2.95. The molecular weight excluding hydrogens is 240 g/mol. The van der Waals surface area contributed by atoms with Crippen LogP contribution >= 0.6 is 0 Å². The molecule has 1 amide bonds. The lowest BCUT2D eigenvalue weighted by atomic mass is 10.0. The lowest BCUT2D eigenvalue weighted by Gasteiger charge is -2.14. The van der Waals surface area contributed by atoms with E-state index in [9.17, 15) is 4.79 Å². The number of nitrogens with one attached hydrogen (secondary N) is 1. The van der Waals surface area contributed by atoms with Gasteiger partial charge in [-0.1, -0.05) is 13.0 Å². The van der Waals surface area contributed by atoms with Crippen LogP contribution in [0.25, 0.3) is 0 Å². The minimum atomic E-state index is -0.0374. The first kappa shape index (κ1) is 15.5. The zero-order chi connectivity index (χ0) is 14.4. The van der Waals surface area contributed by atoms with Gasteiger partial charge in [0.05, 0.1) is 7.11 Å². The Labute approximate surface area is 115 Å². The number of methoxy groups -OCH3 is 1. The summed E-state index contributed by atoms with van der Waals surface area (Å²) in [6, 6.07) is 4.06. The number of ether oxygens (including phenoxy) is 1. The normalized spacial score (nSPS) is 12.1. The number of carbonyl (C=O) groups is 1. The molecule has 0 radical (unpaired) electrons. The minimum absolute atomic E-state index is 0.0374. The SMILES string of the molecule is COc1cc(C)c(CNC(=O)C(C)CCN)cc1C. The third-order valence-corrected chi connectivity index (χ3v) is 3.35. The first-order valence-electron chi connectivity index (χ1n) is 6.61. The second-order valence-corrected chi connectivity index (χ2v) is 4.94. The van der Waals surface area contributed by atoms with Crippen LogP contribution in [-0.4, -0.2) is 19.6 Å². The summed E-state index contributed by atoms with van der Waals surface area (Å²) in [5.74, 6) is 0.895. The van der Waals surface area contributed by atoms with Crippen LogP contribution in [0.1, 0.15) is 30.0 Å². The number of hydrogen-bond acceptors (Lipinski definition) is 3. The molecule has 0 saturated carbocycles. The number of nitrogens with two attached hydrogens (primary N) is 1. The molecule has 0 saturated heterocycles. The lowest BCUT2D eigenvalue weighted by molar-refractivity contribution is -0.124. The van der Waals surface area contributed by atoms with Crippen molar-refractivity contribution in [1.29, 1.82) is 0 Å². The molecule has 19 heavy (non-hydrogen) atoms.